The molecule has 1 aliphatic rings. The topological polar surface area (TPSA) is 72.6 Å². The zero-order valence-corrected chi connectivity index (χ0v) is 16.3. The highest BCUT2D eigenvalue weighted by atomic mass is 16.5. The lowest BCUT2D eigenvalue weighted by molar-refractivity contribution is 0.0569. The van der Waals surface area contributed by atoms with Gasteiger partial charge in [0.05, 0.1) is 5.39 Å². The van der Waals surface area contributed by atoms with Crippen LogP contribution in [0.2, 0.25) is 0 Å². The molecular formula is C24H20N2O4. The van der Waals surface area contributed by atoms with E-state index in [1.165, 1.54) is 6.07 Å². The summed E-state index contributed by atoms with van der Waals surface area (Å²) >= 11 is 0. The van der Waals surface area contributed by atoms with Crippen molar-refractivity contribution < 1.29 is 13.9 Å². The summed E-state index contributed by atoms with van der Waals surface area (Å²) in [5.74, 6) is 0.581. The van der Waals surface area contributed by atoms with E-state index in [4.69, 9.17) is 9.15 Å². The Labute approximate surface area is 172 Å². The third-order valence-electron chi connectivity index (χ3n) is 5.46. The Morgan fingerprint density at radius 1 is 1.03 bits per heavy atom. The largest absolute Gasteiger partial charge is 0.488 e. The highest BCUT2D eigenvalue weighted by Crippen LogP contribution is 2.27. The average molecular weight is 400 g/mol. The lowest BCUT2D eigenvalue weighted by Crippen LogP contribution is -2.42. The zero-order valence-electron chi connectivity index (χ0n) is 16.3. The Bertz CT molecular complexity index is 1280. The Morgan fingerprint density at radius 3 is 2.70 bits per heavy atom. The molecule has 0 N–H and O–H groups in total. The summed E-state index contributed by atoms with van der Waals surface area (Å²) in [6.07, 6.45) is 3.16. The Balaban J connectivity index is 1.29. The van der Waals surface area contributed by atoms with Gasteiger partial charge in [-0.2, -0.15) is 0 Å². The molecule has 150 valence electrons. The third kappa shape index (κ3) is 3.41. The Hall–Kier alpha value is -3.67. The summed E-state index contributed by atoms with van der Waals surface area (Å²) in [7, 11) is 0. The first-order valence-electron chi connectivity index (χ1n) is 10.0. The second kappa shape index (κ2) is 7.63. The number of ether oxygens (including phenoxy) is 1. The van der Waals surface area contributed by atoms with Gasteiger partial charge in [-0.05, 0) is 24.3 Å². The second-order valence-electron chi connectivity index (χ2n) is 7.41. The number of amides is 1. The van der Waals surface area contributed by atoms with Crippen LogP contribution in [0.25, 0.3) is 21.9 Å². The Morgan fingerprint density at radius 2 is 1.83 bits per heavy atom. The molecule has 0 bridgehead atoms. The van der Waals surface area contributed by atoms with Crippen LogP contribution in [0.5, 0.6) is 5.75 Å². The summed E-state index contributed by atoms with van der Waals surface area (Å²) in [6, 6.07) is 18.0. The van der Waals surface area contributed by atoms with Crippen LogP contribution in [0.15, 0.2) is 76.1 Å². The van der Waals surface area contributed by atoms with Crippen molar-refractivity contribution >= 4 is 27.8 Å². The van der Waals surface area contributed by atoms with E-state index in [9.17, 15) is 9.59 Å². The molecule has 30 heavy (non-hydrogen) atoms. The van der Waals surface area contributed by atoms with Gasteiger partial charge in [0.25, 0.3) is 5.91 Å². The van der Waals surface area contributed by atoms with E-state index in [0.717, 1.165) is 16.7 Å². The van der Waals surface area contributed by atoms with Gasteiger partial charge < -0.3 is 14.1 Å². The predicted octanol–water partition coefficient (Wildman–Crippen LogP) is 4.02. The first kappa shape index (κ1) is 18.4. The van der Waals surface area contributed by atoms with Crippen LogP contribution >= 0.6 is 0 Å². The average Bonchev–Trinajstić information content (AvgIpc) is 2.79. The van der Waals surface area contributed by atoms with Crippen molar-refractivity contribution in [2.75, 3.05) is 13.1 Å². The summed E-state index contributed by atoms with van der Waals surface area (Å²) in [6.45, 7) is 1.08. The molecule has 1 saturated heterocycles. The van der Waals surface area contributed by atoms with Gasteiger partial charge in [0.2, 0.25) is 0 Å². The van der Waals surface area contributed by atoms with Gasteiger partial charge in [0, 0.05) is 43.6 Å². The van der Waals surface area contributed by atoms with E-state index in [1.807, 2.05) is 30.3 Å². The number of fused-ring (bicyclic) bond motifs is 2. The minimum Gasteiger partial charge on any atom is -0.488 e. The number of piperidine rings is 1. The number of pyridine rings is 1. The number of benzene rings is 2. The van der Waals surface area contributed by atoms with Crippen molar-refractivity contribution in [3.8, 4) is 5.75 Å². The molecular weight excluding hydrogens is 380 g/mol. The quantitative estimate of drug-likeness (QED) is 0.519. The number of carbonyl (C=O) groups is 1. The van der Waals surface area contributed by atoms with E-state index in [-0.39, 0.29) is 23.2 Å². The molecule has 5 rings (SSSR count). The lowest BCUT2D eigenvalue weighted by atomic mass is 10.1. The maximum atomic E-state index is 12.9. The molecule has 1 aliphatic heterocycles. The van der Waals surface area contributed by atoms with Gasteiger partial charge in [-0.15, -0.1) is 0 Å². The molecule has 2 aromatic heterocycles. The van der Waals surface area contributed by atoms with Gasteiger partial charge >= 0.3 is 0 Å². The Kier molecular flexibility index (Phi) is 4.67. The van der Waals surface area contributed by atoms with Crippen LogP contribution in [0, 0.1) is 0 Å². The summed E-state index contributed by atoms with van der Waals surface area (Å²) in [5.41, 5.74) is 1.06. The van der Waals surface area contributed by atoms with E-state index >= 15 is 0 Å². The van der Waals surface area contributed by atoms with Crippen LogP contribution in [-0.4, -0.2) is 35.0 Å². The van der Waals surface area contributed by atoms with Crippen LogP contribution in [-0.2, 0) is 0 Å². The second-order valence-corrected chi connectivity index (χ2v) is 7.41. The number of nitrogens with zero attached hydrogens (tertiary/aromatic N) is 2. The van der Waals surface area contributed by atoms with Gasteiger partial charge in [0.1, 0.15) is 23.0 Å². The molecule has 0 atom stereocenters. The number of carbonyl (C=O) groups excluding carboxylic acids is 1. The molecule has 2 aromatic carbocycles. The van der Waals surface area contributed by atoms with Crippen molar-refractivity contribution in [1.29, 1.82) is 0 Å². The molecule has 0 unspecified atom stereocenters. The third-order valence-corrected chi connectivity index (χ3v) is 5.46. The normalized spacial score (nSPS) is 14.9. The first-order valence-corrected chi connectivity index (χ1v) is 10.0. The van der Waals surface area contributed by atoms with Gasteiger partial charge in [-0.3, -0.25) is 14.6 Å². The first-order chi connectivity index (χ1) is 14.7. The van der Waals surface area contributed by atoms with E-state index < -0.39 is 0 Å². The minimum atomic E-state index is -0.261. The molecule has 0 radical (unpaired) electrons. The van der Waals surface area contributed by atoms with Crippen LogP contribution < -0.4 is 10.2 Å². The minimum absolute atomic E-state index is 0.00488. The van der Waals surface area contributed by atoms with Crippen molar-refractivity contribution in [2.24, 2.45) is 0 Å². The molecule has 0 aliphatic carbocycles. The number of para-hydroxylation sites is 2. The van der Waals surface area contributed by atoms with Crippen LogP contribution in [0.4, 0.5) is 0 Å². The molecule has 3 heterocycles. The van der Waals surface area contributed by atoms with E-state index in [0.29, 0.717) is 36.9 Å². The van der Waals surface area contributed by atoms with Gasteiger partial charge in [-0.25, -0.2) is 0 Å². The summed E-state index contributed by atoms with van der Waals surface area (Å²) < 4.78 is 11.9. The molecule has 4 aromatic rings. The van der Waals surface area contributed by atoms with Crippen LogP contribution in [0.1, 0.15) is 23.4 Å². The molecule has 0 spiro atoms. The number of hydrogen-bond donors (Lipinski definition) is 0. The maximum absolute atomic E-state index is 12.9. The van der Waals surface area contributed by atoms with Crippen molar-refractivity contribution in [3.63, 3.8) is 0 Å². The fourth-order valence-corrected chi connectivity index (χ4v) is 3.89. The molecule has 0 saturated carbocycles. The molecule has 6 heteroatoms. The molecule has 1 amide bonds. The number of hydrogen-bond acceptors (Lipinski definition) is 5. The van der Waals surface area contributed by atoms with E-state index in [2.05, 4.69) is 4.98 Å². The van der Waals surface area contributed by atoms with Gasteiger partial charge in [-0.1, -0.05) is 30.3 Å². The monoisotopic (exact) mass is 400 g/mol. The summed E-state index contributed by atoms with van der Waals surface area (Å²) in [5, 5.41) is 1.51. The highest BCUT2D eigenvalue weighted by Gasteiger charge is 2.27. The predicted molar refractivity (Wildman–Crippen MR) is 114 cm³/mol. The fraction of sp³-hybridized carbons (Fsp3) is 0.208. The summed E-state index contributed by atoms with van der Waals surface area (Å²) in [4.78, 5) is 31.3. The van der Waals surface area contributed by atoms with Crippen molar-refractivity contribution in [2.45, 2.75) is 18.9 Å². The number of likely N-dealkylation sites (tertiary alicyclic amines) is 1. The SMILES string of the molecule is O=C(c1cc(=O)c2ccccc2o1)N1CCC(Oc2cccc3cccnc23)CC1. The molecule has 1 fully saturated rings. The van der Waals surface area contributed by atoms with Gasteiger partial charge in [0.15, 0.2) is 11.2 Å². The van der Waals surface area contributed by atoms with Crippen LogP contribution in [0.3, 0.4) is 0 Å². The van der Waals surface area contributed by atoms with Crippen molar-refractivity contribution in [3.05, 3.63) is 82.8 Å². The van der Waals surface area contributed by atoms with Crippen molar-refractivity contribution in [1.82, 2.24) is 9.88 Å². The standard InChI is InChI=1S/C24H20N2O4/c27-19-15-22(30-20-8-2-1-7-18(19)20)24(28)26-13-10-17(11-14-26)29-21-9-3-5-16-6-4-12-25-23(16)21/h1-9,12,15,17H,10-11,13-14H2. The fourth-order valence-electron chi connectivity index (χ4n) is 3.89. The van der Waals surface area contributed by atoms with E-state index in [1.54, 1.807) is 35.4 Å². The smallest absolute Gasteiger partial charge is 0.289 e. The highest BCUT2D eigenvalue weighted by molar-refractivity contribution is 5.93. The number of aromatic nitrogens is 1. The maximum Gasteiger partial charge on any atom is 0.289 e. The zero-order chi connectivity index (χ0) is 20.5. The lowest BCUT2D eigenvalue weighted by Gasteiger charge is -2.32. The molecule has 6 nitrogen and oxygen atoms in total. The number of rotatable bonds is 3.